The van der Waals surface area contributed by atoms with E-state index in [0.29, 0.717) is 0 Å². The molecule has 0 aliphatic heterocycles. The largest absolute Gasteiger partial charge is 0.386 e. The van der Waals surface area contributed by atoms with E-state index in [1.165, 1.54) is 5.56 Å². The lowest BCUT2D eigenvalue weighted by molar-refractivity contribution is 0.689. The number of benzene rings is 1. The molecular weight excluding hydrogens is 194 g/mol. The summed E-state index contributed by atoms with van der Waals surface area (Å²) in [5.41, 5.74) is 1.22. The zero-order valence-electron chi connectivity index (χ0n) is 8.49. The zero-order chi connectivity index (χ0) is 10.4. The third-order valence-corrected chi connectivity index (χ3v) is 2.93. The van der Waals surface area contributed by atoms with Crippen LogP contribution in [-0.4, -0.2) is 10.5 Å². The van der Waals surface area contributed by atoms with Gasteiger partial charge in [0.25, 0.3) is 0 Å². The monoisotopic (exact) mass is 209 g/mol. The van der Waals surface area contributed by atoms with E-state index in [1.54, 1.807) is 6.26 Å². The van der Waals surface area contributed by atoms with Gasteiger partial charge in [-0.3, -0.25) is 4.21 Å². The fraction of sp³-hybridized carbons (Fsp3) is 0.273. The second kappa shape index (κ2) is 5.60. The molecule has 0 spiro atoms. The van der Waals surface area contributed by atoms with E-state index in [2.05, 4.69) is 17.4 Å². The van der Waals surface area contributed by atoms with Crippen LogP contribution >= 0.6 is 0 Å². The summed E-state index contributed by atoms with van der Waals surface area (Å²) in [5, 5.41) is 3.13. The van der Waals surface area contributed by atoms with Crippen LogP contribution in [0.25, 0.3) is 0 Å². The molecule has 0 heterocycles. The second-order valence-corrected chi connectivity index (χ2v) is 4.63. The van der Waals surface area contributed by atoms with Gasteiger partial charge in [-0.1, -0.05) is 30.3 Å². The predicted octanol–water partition coefficient (Wildman–Crippen LogP) is 2.02. The molecule has 0 saturated heterocycles. The van der Waals surface area contributed by atoms with Crippen LogP contribution in [0.3, 0.4) is 0 Å². The van der Waals surface area contributed by atoms with Crippen LogP contribution in [0, 0.1) is 0 Å². The van der Waals surface area contributed by atoms with Crippen LogP contribution in [0.4, 0.5) is 0 Å². The Bertz CT molecular complexity index is 332. The Morgan fingerprint density at radius 1 is 1.43 bits per heavy atom. The van der Waals surface area contributed by atoms with Gasteiger partial charge in [-0.15, -0.1) is 0 Å². The lowest BCUT2D eigenvalue weighted by Gasteiger charge is -2.02. The first-order chi connectivity index (χ1) is 6.70. The van der Waals surface area contributed by atoms with E-state index in [0.717, 1.165) is 11.4 Å². The van der Waals surface area contributed by atoms with E-state index < -0.39 is 10.8 Å². The highest BCUT2D eigenvalue weighted by molar-refractivity contribution is 7.88. The molecule has 3 heteroatoms. The molecule has 0 radical (unpaired) electrons. The first kappa shape index (κ1) is 11.0. The van der Waals surface area contributed by atoms with Gasteiger partial charge in [0.05, 0.1) is 0 Å². The molecule has 76 valence electrons. The summed E-state index contributed by atoms with van der Waals surface area (Å²) >= 11 is 0. The molecule has 1 rings (SSSR count). The molecule has 1 aromatic rings. The van der Waals surface area contributed by atoms with Crippen molar-refractivity contribution in [2.75, 3.05) is 6.26 Å². The lowest BCUT2D eigenvalue weighted by atomic mass is 10.2. The van der Waals surface area contributed by atoms with Gasteiger partial charge in [0, 0.05) is 34.7 Å². The van der Waals surface area contributed by atoms with Crippen molar-refractivity contribution in [3.05, 3.63) is 47.0 Å². The minimum Gasteiger partial charge on any atom is -0.386 e. The molecule has 0 aromatic heterocycles. The molecule has 0 amide bonds. The highest BCUT2D eigenvalue weighted by atomic mass is 32.2. The summed E-state index contributed by atoms with van der Waals surface area (Å²) in [7, 11) is -0.870. The van der Waals surface area contributed by atoms with E-state index in [1.807, 2.05) is 31.3 Å². The Labute approximate surface area is 87.5 Å². The third kappa shape index (κ3) is 3.75. The maximum Gasteiger partial charge on any atom is 0.0468 e. The Kier molecular flexibility index (Phi) is 4.40. The summed E-state index contributed by atoms with van der Waals surface area (Å²) in [6.07, 6.45) is 3.49. The van der Waals surface area contributed by atoms with Gasteiger partial charge in [0.1, 0.15) is 0 Å². The number of hydrogen-bond acceptors (Lipinski definition) is 2. The van der Waals surface area contributed by atoms with Crippen molar-refractivity contribution in [2.45, 2.75) is 13.5 Å². The normalized spacial score (nSPS) is 13.7. The quantitative estimate of drug-likeness (QED) is 0.822. The molecule has 0 aliphatic carbocycles. The van der Waals surface area contributed by atoms with E-state index >= 15 is 0 Å². The Morgan fingerprint density at radius 3 is 2.64 bits per heavy atom. The van der Waals surface area contributed by atoms with Gasteiger partial charge < -0.3 is 5.32 Å². The molecule has 1 aromatic carbocycles. The summed E-state index contributed by atoms with van der Waals surface area (Å²) in [5.74, 6) is 0. The van der Waals surface area contributed by atoms with Crippen molar-refractivity contribution in [3.8, 4) is 0 Å². The number of rotatable bonds is 4. The van der Waals surface area contributed by atoms with Crippen LogP contribution in [0.15, 0.2) is 41.4 Å². The Balaban J connectivity index is 2.43. The standard InChI is InChI=1S/C11H15NOS/c1-10(14(2)13)8-12-9-11-6-4-3-5-7-11/h3-8,12H,9H2,1-2H3/b10-8+. The highest BCUT2D eigenvalue weighted by Crippen LogP contribution is 1.99. The van der Waals surface area contributed by atoms with E-state index in [-0.39, 0.29) is 0 Å². The topological polar surface area (TPSA) is 29.1 Å². The van der Waals surface area contributed by atoms with Crippen LogP contribution < -0.4 is 5.32 Å². The molecular formula is C11H15NOS. The van der Waals surface area contributed by atoms with Crippen LogP contribution in [0.1, 0.15) is 12.5 Å². The number of nitrogens with one attached hydrogen (secondary N) is 1. The van der Waals surface area contributed by atoms with Crippen LogP contribution in [0.5, 0.6) is 0 Å². The molecule has 0 aliphatic rings. The Hall–Kier alpha value is -1.09. The third-order valence-electron chi connectivity index (χ3n) is 1.91. The fourth-order valence-electron chi connectivity index (χ4n) is 0.991. The smallest absolute Gasteiger partial charge is 0.0468 e. The summed E-state index contributed by atoms with van der Waals surface area (Å²) < 4.78 is 11.0. The molecule has 14 heavy (non-hydrogen) atoms. The van der Waals surface area contributed by atoms with Crippen molar-refractivity contribution >= 4 is 10.8 Å². The molecule has 0 bridgehead atoms. The SMILES string of the molecule is C/C(=C\NCc1ccccc1)S(C)=O. The van der Waals surface area contributed by atoms with E-state index in [9.17, 15) is 4.21 Å². The molecule has 0 saturated carbocycles. The minimum absolute atomic E-state index is 0.773. The molecule has 0 fully saturated rings. The Morgan fingerprint density at radius 2 is 2.07 bits per heavy atom. The number of allylic oxidation sites excluding steroid dienone is 1. The van der Waals surface area contributed by atoms with Gasteiger partial charge in [-0.25, -0.2) is 0 Å². The maximum atomic E-state index is 11.0. The summed E-state index contributed by atoms with van der Waals surface area (Å²) in [4.78, 5) is 0.862. The molecule has 1 unspecified atom stereocenters. The highest BCUT2D eigenvalue weighted by Gasteiger charge is 1.92. The zero-order valence-corrected chi connectivity index (χ0v) is 9.30. The first-order valence-corrected chi connectivity index (χ1v) is 6.03. The molecule has 1 N–H and O–H groups in total. The summed E-state index contributed by atoms with van der Waals surface area (Å²) in [6, 6.07) is 10.1. The van der Waals surface area contributed by atoms with Gasteiger partial charge in [-0.05, 0) is 12.5 Å². The van der Waals surface area contributed by atoms with Crippen molar-refractivity contribution in [2.24, 2.45) is 0 Å². The molecule has 2 nitrogen and oxygen atoms in total. The van der Waals surface area contributed by atoms with Gasteiger partial charge >= 0.3 is 0 Å². The second-order valence-electron chi connectivity index (χ2n) is 3.08. The van der Waals surface area contributed by atoms with Crippen molar-refractivity contribution in [3.63, 3.8) is 0 Å². The predicted molar refractivity (Wildman–Crippen MR) is 61.1 cm³/mol. The van der Waals surface area contributed by atoms with Crippen LogP contribution in [-0.2, 0) is 17.3 Å². The average Bonchev–Trinajstić information content (AvgIpc) is 2.19. The van der Waals surface area contributed by atoms with Crippen molar-refractivity contribution in [1.82, 2.24) is 5.32 Å². The average molecular weight is 209 g/mol. The van der Waals surface area contributed by atoms with Crippen LogP contribution in [0.2, 0.25) is 0 Å². The first-order valence-electron chi connectivity index (χ1n) is 4.47. The minimum atomic E-state index is -0.870. The van der Waals surface area contributed by atoms with Crippen molar-refractivity contribution < 1.29 is 4.21 Å². The summed E-state index contributed by atoms with van der Waals surface area (Å²) in [6.45, 7) is 2.63. The van der Waals surface area contributed by atoms with Gasteiger partial charge in [-0.2, -0.15) is 0 Å². The molecule has 1 atom stereocenters. The lowest BCUT2D eigenvalue weighted by Crippen LogP contribution is -2.06. The maximum absolute atomic E-state index is 11.0. The number of hydrogen-bond donors (Lipinski definition) is 1. The van der Waals surface area contributed by atoms with E-state index in [4.69, 9.17) is 0 Å². The van der Waals surface area contributed by atoms with Crippen molar-refractivity contribution in [1.29, 1.82) is 0 Å². The van der Waals surface area contributed by atoms with Gasteiger partial charge in [0.2, 0.25) is 0 Å². The fourth-order valence-corrected chi connectivity index (χ4v) is 1.24. The van der Waals surface area contributed by atoms with Gasteiger partial charge in [0.15, 0.2) is 0 Å².